The number of benzene rings is 1. The molecule has 5 rings (SSSR count). The fraction of sp³-hybridized carbons (Fsp3) is 0.321. The summed E-state index contributed by atoms with van der Waals surface area (Å²) in [7, 11) is 0. The molecule has 0 bridgehead atoms. The van der Waals surface area contributed by atoms with Crippen molar-refractivity contribution in [2.45, 2.75) is 44.9 Å². The lowest BCUT2D eigenvalue weighted by Crippen LogP contribution is -2.53. The third-order valence-corrected chi connectivity index (χ3v) is 6.64. The van der Waals surface area contributed by atoms with Gasteiger partial charge < -0.3 is 25.4 Å². The van der Waals surface area contributed by atoms with Crippen LogP contribution in [0.1, 0.15) is 37.7 Å². The Morgan fingerprint density at radius 2 is 1.88 bits per heavy atom. The van der Waals surface area contributed by atoms with E-state index >= 15 is 0 Å². The number of fused-ring (bicyclic) bond motifs is 1. The Kier molecular flexibility index (Phi) is 7.20. The van der Waals surface area contributed by atoms with Gasteiger partial charge in [-0.3, -0.25) is 9.78 Å². The number of nitrogens with one attached hydrogen (secondary N) is 1. The standard InChI is InChI=1S/C28H28F2N6O5/c1-28(2,3)41-27(39)36-21-14-35(12-10-22(21)40-26(36)38)20-9-11-32-13-19(20)34-25(37)24-17(31)7-8-18(33-24)23-15(29)5-4-6-16(23)30/h4-9,11,13,21-22H,10,12,14,31H2,1-3H3,(H,34,37)/t21-,22+/m0/s1. The van der Waals surface area contributed by atoms with Crippen molar-refractivity contribution in [2.75, 3.05) is 29.0 Å². The summed E-state index contributed by atoms with van der Waals surface area (Å²) >= 11 is 0. The summed E-state index contributed by atoms with van der Waals surface area (Å²) in [6.45, 7) is 5.77. The Hall–Kier alpha value is -4.81. The van der Waals surface area contributed by atoms with Gasteiger partial charge in [0.25, 0.3) is 5.91 Å². The van der Waals surface area contributed by atoms with E-state index in [0.29, 0.717) is 24.3 Å². The van der Waals surface area contributed by atoms with Gasteiger partial charge in [0.1, 0.15) is 29.4 Å². The van der Waals surface area contributed by atoms with Crippen LogP contribution in [0.25, 0.3) is 11.3 Å². The third kappa shape index (κ3) is 5.60. The maximum Gasteiger partial charge on any atom is 0.420 e. The smallest absolute Gasteiger partial charge is 0.420 e. The fourth-order valence-electron chi connectivity index (χ4n) is 4.83. The van der Waals surface area contributed by atoms with E-state index < -0.39 is 47.5 Å². The molecular formula is C28H28F2N6O5. The zero-order valence-electron chi connectivity index (χ0n) is 22.6. The van der Waals surface area contributed by atoms with Crippen molar-refractivity contribution in [1.29, 1.82) is 0 Å². The van der Waals surface area contributed by atoms with Crippen molar-refractivity contribution < 1.29 is 32.6 Å². The maximum atomic E-state index is 14.4. The molecule has 13 heteroatoms. The zero-order valence-corrected chi connectivity index (χ0v) is 22.6. The highest BCUT2D eigenvalue weighted by atomic mass is 19.1. The van der Waals surface area contributed by atoms with Crippen LogP contribution in [0.4, 0.5) is 35.4 Å². The molecule has 0 radical (unpaired) electrons. The largest absolute Gasteiger partial charge is 0.443 e. The number of nitrogen functional groups attached to an aromatic ring is 1. The van der Waals surface area contributed by atoms with Gasteiger partial charge in [0.05, 0.1) is 34.5 Å². The van der Waals surface area contributed by atoms with E-state index in [-0.39, 0.29) is 29.2 Å². The summed E-state index contributed by atoms with van der Waals surface area (Å²) in [4.78, 5) is 49.8. The lowest BCUT2D eigenvalue weighted by atomic mass is 10.0. The highest BCUT2D eigenvalue weighted by Crippen LogP contribution is 2.34. The highest BCUT2D eigenvalue weighted by molar-refractivity contribution is 6.08. The van der Waals surface area contributed by atoms with Gasteiger partial charge in [-0.15, -0.1) is 0 Å². The van der Waals surface area contributed by atoms with E-state index in [1.165, 1.54) is 30.6 Å². The predicted molar refractivity (Wildman–Crippen MR) is 145 cm³/mol. The lowest BCUT2D eigenvalue weighted by molar-refractivity contribution is 0.0285. The van der Waals surface area contributed by atoms with Crippen molar-refractivity contribution in [1.82, 2.24) is 14.9 Å². The molecule has 2 fully saturated rings. The van der Waals surface area contributed by atoms with Crippen LogP contribution in [0.2, 0.25) is 0 Å². The topological polar surface area (TPSA) is 140 Å². The van der Waals surface area contributed by atoms with Crippen molar-refractivity contribution in [3.8, 4) is 11.3 Å². The Labute approximate surface area is 234 Å². The number of pyridine rings is 2. The number of anilines is 3. The number of amides is 3. The average Bonchev–Trinajstić information content (AvgIpc) is 3.23. The van der Waals surface area contributed by atoms with Crippen LogP contribution in [0.15, 0.2) is 48.8 Å². The summed E-state index contributed by atoms with van der Waals surface area (Å²) in [5.74, 6) is -2.39. The highest BCUT2D eigenvalue weighted by Gasteiger charge is 2.49. The van der Waals surface area contributed by atoms with Crippen LogP contribution in [-0.4, -0.2) is 63.8 Å². The van der Waals surface area contributed by atoms with Crippen LogP contribution in [-0.2, 0) is 9.47 Å². The summed E-state index contributed by atoms with van der Waals surface area (Å²) in [5, 5.41) is 2.73. The maximum absolute atomic E-state index is 14.4. The van der Waals surface area contributed by atoms with Gasteiger partial charge in [-0.2, -0.15) is 0 Å². The molecule has 1 aromatic carbocycles. The fourth-order valence-corrected chi connectivity index (χ4v) is 4.83. The van der Waals surface area contributed by atoms with E-state index in [9.17, 15) is 23.2 Å². The predicted octanol–water partition coefficient (Wildman–Crippen LogP) is 4.59. The Balaban J connectivity index is 1.39. The second-order valence-electron chi connectivity index (χ2n) is 10.7. The van der Waals surface area contributed by atoms with Gasteiger partial charge in [-0.05, 0) is 51.1 Å². The van der Waals surface area contributed by atoms with Crippen LogP contribution in [0, 0.1) is 11.6 Å². The van der Waals surface area contributed by atoms with E-state index in [1.54, 1.807) is 26.8 Å². The Bertz CT molecular complexity index is 1510. The minimum Gasteiger partial charge on any atom is -0.443 e. The summed E-state index contributed by atoms with van der Waals surface area (Å²) in [6, 6.07) is 7.14. The minimum atomic E-state index is -0.832. The first kappa shape index (κ1) is 27.7. The first-order chi connectivity index (χ1) is 19.4. The Morgan fingerprint density at radius 3 is 2.59 bits per heavy atom. The third-order valence-electron chi connectivity index (χ3n) is 6.64. The number of aromatic nitrogens is 2. The first-order valence-corrected chi connectivity index (χ1v) is 12.9. The number of nitrogens with two attached hydrogens (primary N) is 1. The van der Waals surface area contributed by atoms with Crippen LogP contribution in [0.5, 0.6) is 0 Å². The molecular weight excluding hydrogens is 538 g/mol. The van der Waals surface area contributed by atoms with E-state index in [4.69, 9.17) is 15.2 Å². The number of imide groups is 1. The molecule has 0 aliphatic carbocycles. The quantitative estimate of drug-likeness (QED) is 0.464. The zero-order chi connectivity index (χ0) is 29.5. The first-order valence-electron chi connectivity index (χ1n) is 12.9. The van der Waals surface area contributed by atoms with Gasteiger partial charge in [0, 0.05) is 25.7 Å². The van der Waals surface area contributed by atoms with Gasteiger partial charge in [0.15, 0.2) is 5.69 Å². The monoisotopic (exact) mass is 566 g/mol. The van der Waals surface area contributed by atoms with Gasteiger partial charge in [-0.1, -0.05) is 6.07 Å². The van der Waals surface area contributed by atoms with Crippen LogP contribution >= 0.6 is 0 Å². The molecule has 41 heavy (non-hydrogen) atoms. The van der Waals surface area contributed by atoms with Crippen molar-refractivity contribution >= 4 is 35.2 Å². The molecule has 11 nitrogen and oxygen atoms in total. The number of carbonyl (C=O) groups excluding carboxylic acids is 3. The van der Waals surface area contributed by atoms with E-state index in [0.717, 1.165) is 17.0 Å². The van der Waals surface area contributed by atoms with Crippen molar-refractivity contribution in [3.63, 3.8) is 0 Å². The number of halogens is 2. The number of carbonyl (C=O) groups is 3. The second kappa shape index (κ2) is 10.6. The molecule has 214 valence electrons. The van der Waals surface area contributed by atoms with E-state index in [2.05, 4.69) is 15.3 Å². The number of hydrogen-bond acceptors (Lipinski definition) is 9. The van der Waals surface area contributed by atoms with Crippen LogP contribution < -0.4 is 16.0 Å². The molecule has 3 amide bonds. The molecule has 2 aliphatic rings. The number of hydrogen-bond donors (Lipinski definition) is 2. The van der Waals surface area contributed by atoms with Gasteiger partial charge in [0.2, 0.25) is 0 Å². The molecule has 3 N–H and O–H groups in total. The number of ether oxygens (including phenoxy) is 2. The van der Waals surface area contributed by atoms with Crippen molar-refractivity contribution in [2.24, 2.45) is 0 Å². The molecule has 0 unspecified atom stereocenters. The lowest BCUT2D eigenvalue weighted by Gasteiger charge is -2.37. The van der Waals surface area contributed by atoms with E-state index in [1.807, 2.05) is 4.90 Å². The summed E-state index contributed by atoms with van der Waals surface area (Å²) < 4.78 is 39.6. The summed E-state index contributed by atoms with van der Waals surface area (Å²) in [5.41, 5.74) is 5.35. The normalized spacial score (nSPS) is 18.5. The Morgan fingerprint density at radius 1 is 1.15 bits per heavy atom. The minimum absolute atomic E-state index is 0.00358. The molecule has 4 heterocycles. The number of nitrogens with zero attached hydrogens (tertiary/aromatic N) is 4. The number of rotatable bonds is 4. The van der Waals surface area contributed by atoms with Crippen molar-refractivity contribution in [3.05, 3.63) is 66.1 Å². The molecule has 2 atom stereocenters. The second-order valence-corrected chi connectivity index (χ2v) is 10.7. The van der Waals surface area contributed by atoms with Crippen LogP contribution in [0.3, 0.4) is 0 Å². The summed E-state index contributed by atoms with van der Waals surface area (Å²) in [6.07, 6.45) is 1.32. The molecule has 2 aliphatic heterocycles. The SMILES string of the molecule is CC(C)(C)OC(=O)N1C(=O)O[C@@H]2CCN(c3ccncc3NC(=O)c3nc(-c4c(F)cccc4F)ccc3N)C[C@@H]21. The molecule has 2 saturated heterocycles. The average molecular weight is 567 g/mol. The molecule has 3 aromatic rings. The molecule has 0 saturated carbocycles. The number of piperidine rings is 1. The molecule has 2 aromatic heterocycles. The van der Waals surface area contributed by atoms with Gasteiger partial charge in [-0.25, -0.2) is 28.3 Å². The van der Waals surface area contributed by atoms with Gasteiger partial charge >= 0.3 is 12.2 Å². The molecule has 0 spiro atoms.